The molecule has 4 N–H and O–H groups in total. The molecule has 0 atom stereocenters. The molecule has 158 valence electrons. The molecular formula is C28H25N3O. The van der Waals surface area contributed by atoms with Crippen LogP contribution in [-0.2, 0) is 23.1 Å². The smallest absolute Gasteiger partial charge is 0.242 e. The Morgan fingerprint density at radius 1 is 0.625 bits per heavy atom. The molecular weight excluding hydrogens is 394 g/mol. The van der Waals surface area contributed by atoms with Crippen LogP contribution >= 0.6 is 0 Å². The van der Waals surface area contributed by atoms with Gasteiger partial charge in [0.1, 0.15) is 0 Å². The third-order valence-corrected chi connectivity index (χ3v) is 6.26. The van der Waals surface area contributed by atoms with Gasteiger partial charge in [-0.05, 0) is 72.0 Å². The first-order chi connectivity index (χ1) is 15.6. The number of amides is 1. The third-order valence-electron chi connectivity index (χ3n) is 6.26. The summed E-state index contributed by atoms with van der Waals surface area (Å²) in [4.78, 5) is 16.2. The lowest BCUT2D eigenvalue weighted by atomic mass is 9.72. The molecule has 0 spiro atoms. The molecule has 4 nitrogen and oxygen atoms in total. The van der Waals surface area contributed by atoms with Crippen molar-refractivity contribution in [2.75, 3.05) is 16.4 Å². The van der Waals surface area contributed by atoms with E-state index < -0.39 is 5.41 Å². The molecule has 4 aromatic carbocycles. The summed E-state index contributed by atoms with van der Waals surface area (Å²) in [7, 11) is 0. The minimum Gasteiger partial charge on any atom is -0.399 e. The van der Waals surface area contributed by atoms with Crippen molar-refractivity contribution < 1.29 is 4.79 Å². The Labute approximate surface area is 188 Å². The average Bonchev–Trinajstić information content (AvgIpc) is 3.05. The van der Waals surface area contributed by atoms with Crippen molar-refractivity contribution in [1.82, 2.24) is 0 Å². The van der Waals surface area contributed by atoms with Gasteiger partial charge in [-0.25, -0.2) is 0 Å². The Balaban J connectivity index is 1.68. The van der Waals surface area contributed by atoms with Crippen LogP contribution in [0.3, 0.4) is 0 Å². The van der Waals surface area contributed by atoms with Gasteiger partial charge in [0.05, 0.1) is 11.1 Å². The maximum absolute atomic E-state index is 14.3. The quantitative estimate of drug-likeness (QED) is 0.434. The number of carbonyl (C=O) groups excluding carboxylic acids is 1. The summed E-state index contributed by atoms with van der Waals surface area (Å²) >= 11 is 0. The molecule has 0 aliphatic carbocycles. The molecule has 0 bridgehead atoms. The van der Waals surface area contributed by atoms with Crippen LogP contribution in [0.4, 0.5) is 22.7 Å². The number of para-hydroxylation sites is 2. The van der Waals surface area contributed by atoms with Crippen molar-refractivity contribution in [2.45, 2.75) is 18.3 Å². The predicted octanol–water partition coefficient (Wildman–Crippen LogP) is 5.25. The highest BCUT2D eigenvalue weighted by Gasteiger charge is 2.51. The molecule has 0 saturated heterocycles. The van der Waals surface area contributed by atoms with Crippen LogP contribution in [-0.4, -0.2) is 5.91 Å². The molecule has 1 aliphatic rings. The van der Waals surface area contributed by atoms with Crippen LogP contribution in [0, 0.1) is 0 Å². The molecule has 0 aromatic heterocycles. The summed E-state index contributed by atoms with van der Waals surface area (Å²) in [5.41, 5.74) is 17.5. The van der Waals surface area contributed by atoms with E-state index in [1.165, 1.54) is 0 Å². The van der Waals surface area contributed by atoms with Gasteiger partial charge in [0.15, 0.2) is 0 Å². The molecule has 1 heterocycles. The molecule has 0 unspecified atom stereocenters. The van der Waals surface area contributed by atoms with Crippen LogP contribution in [0.15, 0.2) is 103 Å². The lowest BCUT2D eigenvalue weighted by molar-refractivity contribution is -0.122. The largest absolute Gasteiger partial charge is 0.399 e. The maximum Gasteiger partial charge on any atom is 0.242 e. The van der Waals surface area contributed by atoms with Crippen LogP contribution in [0.25, 0.3) is 0 Å². The molecule has 0 saturated carbocycles. The van der Waals surface area contributed by atoms with Gasteiger partial charge in [0, 0.05) is 17.1 Å². The van der Waals surface area contributed by atoms with Crippen LogP contribution in [0.1, 0.15) is 16.7 Å². The van der Waals surface area contributed by atoms with Gasteiger partial charge in [-0.15, -0.1) is 0 Å². The fraction of sp³-hybridized carbons (Fsp3) is 0.107. The van der Waals surface area contributed by atoms with Gasteiger partial charge in [0.25, 0.3) is 0 Å². The molecule has 5 rings (SSSR count). The Morgan fingerprint density at radius 3 is 1.69 bits per heavy atom. The highest BCUT2D eigenvalue weighted by atomic mass is 16.2. The fourth-order valence-corrected chi connectivity index (χ4v) is 4.72. The second kappa shape index (κ2) is 7.89. The van der Waals surface area contributed by atoms with E-state index in [-0.39, 0.29) is 5.91 Å². The first-order valence-electron chi connectivity index (χ1n) is 10.7. The zero-order valence-corrected chi connectivity index (χ0v) is 17.7. The number of carbonyl (C=O) groups is 1. The normalized spacial score (nSPS) is 14.4. The van der Waals surface area contributed by atoms with E-state index in [2.05, 4.69) is 6.07 Å². The molecule has 1 aliphatic heterocycles. The Bertz CT molecular complexity index is 1200. The molecule has 4 heteroatoms. The van der Waals surface area contributed by atoms with Gasteiger partial charge in [0.2, 0.25) is 5.91 Å². The third kappa shape index (κ3) is 3.40. The lowest BCUT2D eigenvalue weighted by Gasteiger charge is -2.30. The van der Waals surface area contributed by atoms with Crippen molar-refractivity contribution in [3.63, 3.8) is 0 Å². The van der Waals surface area contributed by atoms with E-state index in [9.17, 15) is 4.79 Å². The van der Waals surface area contributed by atoms with Gasteiger partial charge < -0.3 is 11.5 Å². The number of nitrogen functional groups attached to an aromatic ring is 2. The van der Waals surface area contributed by atoms with Crippen LogP contribution in [0.2, 0.25) is 0 Å². The Morgan fingerprint density at radius 2 is 1.12 bits per heavy atom. The van der Waals surface area contributed by atoms with Crippen molar-refractivity contribution in [3.05, 3.63) is 120 Å². The number of anilines is 4. The highest BCUT2D eigenvalue weighted by Crippen LogP contribution is 2.49. The van der Waals surface area contributed by atoms with E-state index in [1.807, 2.05) is 102 Å². The van der Waals surface area contributed by atoms with E-state index in [4.69, 9.17) is 11.5 Å². The average molecular weight is 420 g/mol. The summed E-state index contributed by atoms with van der Waals surface area (Å²) in [5.74, 6) is 0.0820. The zero-order chi connectivity index (χ0) is 22.1. The molecule has 0 radical (unpaired) electrons. The summed E-state index contributed by atoms with van der Waals surface area (Å²) in [6.45, 7) is 0. The van der Waals surface area contributed by atoms with E-state index >= 15 is 0 Å². The van der Waals surface area contributed by atoms with Crippen molar-refractivity contribution in [2.24, 2.45) is 0 Å². The number of hydrogen-bond donors (Lipinski definition) is 2. The molecule has 1 amide bonds. The summed E-state index contributed by atoms with van der Waals surface area (Å²) in [5, 5.41) is 0. The molecule has 32 heavy (non-hydrogen) atoms. The minimum absolute atomic E-state index is 0.0820. The number of benzene rings is 4. The topological polar surface area (TPSA) is 72.3 Å². The maximum atomic E-state index is 14.3. The van der Waals surface area contributed by atoms with Gasteiger partial charge in [-0.1, -0.05) is 60.7 Å². The number of fused-ring (bicyclic) bond motifs is 1. The van der Waals surface area contributed by atoms with E-state index in [0.29, 0.717) is 24.2 Å². The van der Waals surface area contributed by atoms with Crippen LogP contribution < -0.4 is 16.4 Å². The minimum atomic E-state index is -0.737. The Kier molecular flexibility index (Phi) is 4.91. The first kappa shape index (κ1) is 19.9. The second-order valence-electron chi connectivity index (χ2n) is 8.41. The van der Waals surface area contributed by atoms with Crippen molar-refractivity contribution >= 4 is 28.7 Å². The Hall–Kier alpha value is -4.05. The van der Waals surface area contributed by atoms with E-state index in [1.54, 1.807) is 0 Å². The number of nitrogens with zero attached hydrogens (tertiary/aromatic N) is 1. The van der Waals surface area contributed by atoms with Gasteiger partial charge >= 0.3 is 0 Å². The summed E-state index contributed by atoms with van der Waals surface area (Å²) < 4.78 is 0. The number of rotatable bonds is 5. The highest BCUT2D eigenvalue weighted by molar-refractivity contribution is 6.13. The lowest BCUT2D eigenvalue weighted by Crippen LogP contribution is -2.42. The number of hydrogen-bond acceptors (Lipinski definition) is 3. The van der Waals surface area contributed by atoms with Crippen molar-refractivity contribution in [3.8, 4) is 0 Å². The fourth-order valence-electron chi connectivity index (χ4n) is 4.72. The van der Waals surface area contributed by atoms with Gasteiger partial charge in [-0.3, -0.25) is 9.69 Å². The molecule has 0 fully saturated rings. The SMILES string of the molecule is Nc1ccc(CC2(Cc3ccc(N)cc3)C(=O)N(c3ccccc3)c3ccccc32)cc1. The summed E-state index contributed by atoms with van der Waals surface area (Å²) in [6, 6.07) is 33.6. The van der Waals surface area contributed by atoms with E-state index in [0.717, 1.165) is 28.1 Å². The first-order valence-corrected chi connectivity index (χ1v) is 10.7. The second-order valence-corrected chi connectivity index (χ2v) is 8.41. The number of nitrogens with two attached hydrogens (primary N) is 2. The standard InChI is InChI=1S/C28H25N3O/c29-22-14-10-20(11-15-22)18-28(19-21-12-16-23(30)17-13-21)25-8-4-5-9-26(25)31(27(28)32)24-6-2-1-3-7-24/h1-17H,18-19,29-30H2. The summed E-state index contributed by atoms with van der Waals surface area (Å²) in [6.07, 6.45) is 1.16. The van der Waals surface area contributed by atoms with Crippen molar-refractivity contribution in [1.29, 1.82) is 0 Å². The van der Waals surface area contributed by atoms with Crippen LogP contribution in [0.5, 0.6) is 0 Å². The van der Waals surface area contributed by atoms with Gasteiger partial charge in [-0.2, -0.15) is 0 Å². The predicted molar refractivity (Wildman–Crippen MR) is 131 cm³/mol. The zero-order valence-electron chi connectivity index (χ0n) is 17.7. The molecule has 4 aromatic rings. The monoisotopic (exact) mass is 419 g/mol.